The molecule has 4 heterocycles. The van der Waals surface area contributed by atoms with Gasteiger partial charge in [-0.2, -0.15) is 0 Å². The van der Waals surface area contributed by atoms with Crippen LogP contribution in [0.4, 0.5) is 0 Å². The molecule has 36 heavy (non-hydrogen) atoms. The number of rotatable bonds is 6. The van der Waals surface area contributed by atoms with E-state index in [2.05, 4.69) is 56.0 Å². The molecular formula is C28H31N7O. The first-order valence-corrected chi connectivity index (χ1v) is 12.8. The molecule has 6 rings (SSSR count). The summed E-state index contributed by atoms with van der Waals surface area (Å²) in [7, 11) is 0. The third-order valence-electron chi connectivity index (χ3n) is 7.39. The van der Waals surface area contributed by atoms with Crippen molar-refractivity contribution < 1.29 is 4.79 Å². The number of aryl methyl sites for hydroxylation is 1. The monoisotopic (exact) mass is 481 g/mol. The average Bonchev–Trinajstić information content (AvgIpc) is 3.66. The zero-order chi connectivity index (χ0) is 24.6. The Hall–Kier alpha value is -3.65. The molecule has 2 fully saturated rings. The lowest BCUT2D eigenvalue weighted by atomic mass is 10.1. The van der Waals surface area contributed by atoms with Crippen LogP contribution in [0.15, 0.2) is 42.9 Å². The van der Waals surface area contributed by atoms with Crippen LogP contribution >= 0.6 is 0 Å². The van der Waals surface area contributed by atoms with Gasteiger partial charge in [-0.15, -0.1) is 0 Å². The maximum Gasteiger partial charge on any atom is 0.225 e. The Morgan fingerprint density at radius 3 is 2.67 bits per heavy atom. The molecule has 0 radical (unpaired) electrons. The van der Waals surface area contributed by atoms with Crippen molar-refractivity contribution in [1.82, 2.24) is 34.7 Å². The number of imidazole rings is 1. The minimum Gasteiger partial charge on any atom is -0.342 e. The maximum absolute atomic E-state index is 12.3. The Balaban J connectivity index is 1.12. The zero-order valence-corrected chi connectivity index (χ0v) is 20.9. The fourth-order valence-electron chi connectivity index (χ4n) is 4.99. The summed E-state index contributed by atoms with van der Waals surface area (Å²) in [6, 6.07) is 10.5. The van der Waals surface area contributed by atoms with Crippen molar-refractivity contribution in [2.75, 3.05) is 26.2 Å². The SMILES string of the molecule is Cc1ncnc(-c2ccc3nc(Cc4cc(CN5CCN(C(=O)C6CC6)CC5)ccn4)[nH]c3c2)c1C. The Bertz CT molecular complexity index is 1420. The van der Waals surface area contributed by atoms with Crippen molar-refractivity contribution in [3.8, 4) is 11.3 Å². The summed E-state index contributed by atoms with van der Waals surface area (Å²) in [5.41, 5.74) is 8.26. The molecule has 0 unspecified atom stereocenters. The van der Waals surface area contributed by atoms with Crippen LogP contribution in [0.3, 0.4) is 0 Å². The van der Waals surface area contributed by atoms with Gasteiger partial charge in [-0.1, -0.05) is 6.07 Å². The third kappa shape index (κ3) is 4.73. The molecule has 1 amide bonds. The lowest BCUT2D eigenvalue weighted by molar-refractivity contribution is -0.134. The third-order valence-corrected chi connectivity index (χ3v) is 7.39. The quantitative estimate of drug-likeness (QED) is 0.452. The van der Waals surface area contributed by atoms with E-state index in [0.717, 1.165) is 90.6 Å². The predicted octanol–water partition coefficient (Wildman–Crippen LogP) is 3.68. The Morgan fingerprint density at radius 2 is 1.86 bits per heavy atom. The number of piperazine rings is 1. The molecule has 184 valence electrons. The van der Waals surface area contributed by atoms with Gasteiger partial charge in [0.05, 0.1) is 16.7 Å². The van der Waals surface area contributed by atoms with Crippen molar-refractivity contribution >= 4 is 16.9 Å². The fourth-order valence-corrected chi connectivity index (χ4v) is 4.99. The van der Waals surface area contributed by atoms with E-state index in [4.69, 9.17) is 4.98 Å². The number of hydrogen-bond acceptors (Lipinski definition) is 6. The Kier molecular flexibility index (Phi) is 5.97. The number of hydrogen-bond donors (Lipinski definition) is 1. The number of amides is 1. The van der Waals surface area contributed by atoms with Gasteiger partial charge in [0.2, 0.25) is 5.91 Å². The number of benzene rings is 1. The fraction of sp³-hybridized carbons (Fsp3) is 0.393. The van der Waals surface area contributed by atoms with Gasteiger partial charge in [-0.05, 0) is 62.1 Å². The van der Waals surface area contributed by atoms with Crippen LogP contribution < -0.4 is 0 Å². The second-order valence-electron chi connectivity index (χ2n) is 10.1. The van der Waals surface area contributed by atoms with Crippen LogP contribution in [0, 0.1) is 19.8 Å². The molecule has 1 aromatic carbocycles. The van der Waals surface area contributed by atoms with Crippen molar-refractivity contribution in [3.05, 3.63) is 71.2 Å². The molecule has 3 aromatic heterocycles. The van der Waals surface area contributed by atoms with Gasteiger partial charge in [0.25, 0.3) is 0 Å². The van der Waals surface area contributed by atoms with E-state index in [1.165, 1.54) is 5.56 Å². The van der Waals surface area contributed by atoms with Crippen molar-refractivity contribution in [1.29, 1.82) is 0 Å². The first-order chi connectivity index (χ1) is 17.5. The molecule has 1 N–H and O–H groups in total. The molecule has 8 heteroatoms. The van der Waals surface area contributed by atoms with Crippen LogP contribution in [0.25, 0.3) is 22.3 Å². The number of nitrogens with zero attached hydrogens (tertiary/aromatic N) is 6. The highest BCUT2D eigenvalue weighted by molar-refractivity contribution is 5.82. The molecule has 1 saturated heterocycles. The van der Waals surface area contributed by atoms with E-state index in [0.29, 0.717) is 18.2 Å². The Labute approximate surface area is 210 Å². The van der Waals surface area contributed by atoms with Gasteiger partial charge in [0.1, 0.15) is 12.2 Å². The van der Waals surface area contributed by atoms with Crippen molar-refractivity contribution in [2.45, 2.75) is 39.7 Å². The van der Waals surface area contributed by atoms with Crippen LogP contribution in [0.2, 0.25) is 0 Å². The molecule has 1 saturated carbocycles. The number of nitrogens with one attached hydrogen (secondary N) is 1. The molecule has 8 nitrogen and oxygen atoms in total. The molecule has 0 atom stereocenters. The first kappa shape index (κ1) is 22.8. The van der Waals surface area contributed by atoms with Gasteiger partial charge in [0, 0.05) is 68.2 Å². The van der Waals surface area contributed by atoms with Crippen LogP contribution in [0.1, 0.15) is 41.2 Å². The number of aromatic amines is 1. The summed E-state index contributed by atoms with van der Waals surface area (Å²) in [5.74, 6) is 1.57. The summed E-state index contributed by atoms with van der Waals surface area (Å²) >= 11 is 0. The molecule has 0 spiro atoms. The molecule has 4 aromatic rings. The van der Waals surface area contributed by atoms with Gasteiger partial charge in [-0.25, -0.2) is 15.0 Å². The molecular weight excluding hydrogens is 450 g/mol. The number of fused-ring (bicyclic) bond motifs is 1. The molecule has 0 bridgehead atoms. The lowest BCUT2D eigenvalue weighted by Gasteiger charge is -2.35. The molecule has 1 aliphatic carbocycles. The van der Waals surface area contributed by atoms with Crippen LogP contribution in [0.5, 0.6) is 0 Å². The predicted molar refractivity (Wildman–Crippen MR) is 138 cm³/mol. The highest BCUT2D eigenvalue weighted by Gasteiger charge is 2.34. The van der Waals surface area contributed by atoms with Gasteiger partial charge in [0.15, 0.2) is 0 Å². The van der Waals surface area contributed by atoms with E-state index in [9.17, 15) is 4.79 Å². The van der Waals surface area contributed by atoms with Gasteiger partial charge < -0.3 is 9.88 Å². The van der Waals surface area contributed by atoms with Crippen LogP contribution in [-0.2, 0) is 17.8 Å². The molecule has 1 aliphatic heterocycles. The maximum atomic E-state index is 12.3. The van der Waals surface area contributed by atoms with Crippen molar-refractivity contribution in [3.63, 3.8) is 0 Å². The number of carbonyl (C=O) groups excluding carboxylic acids is 1. The van der Waals surface area contributed by atoms with E-state index in [1.54, 1.807) is 6.33 Å². The van der Waals surface area contributed by atoms with E-state index >= 15 is 0 Å². The van der Waals surface area contributed by atoms with Crippen molar-refractivity contribution in [2.24, 2.45) is 5.92 Å². The zero-order valence-electron chi connectivity index (χ0n) is 20.9. The van der Waals surface area contributed by atoms with E-state index in [1.807, 2.05) is 24.1 Å². The highest BCUT2D eigenvalue weighted by Crippen LogP contribution is 2.31. The first-order valence-electron chi connectivity index (χ1n) is 12.8. The van der Waals surface area contributed by atoms with Gasteiger partial charge in [-0.3, -0.25) is 14.7 Å². The summed E-state index contributed by atoms with van der Waals surface area (Å²) in [6.07, 6.45) is 6.30. The lowest BCUT2D eigenvalue weighted by Crippen LogP contribution is -2.48. The second kappa shape index (κ2) is 9.43. The summed E-state index contributed by atoms with van der Waals surface area (Å²) < 4.78 is 0. The average molecular weight is 482 g/mol. The van der Waals surface area contributed by atoms with Crippen LogP contribution in [-0.4, -0.2) is 66.8 Å². The largest absolute Gasteiger partial charge is 0.342 e. The summed E-state index contributed by atoms with van der Waals surface area (Å²) in [6.45, 7) is 8.46. The number of pyridine rings is 1. The number of H-pyrrole nitrogens is 1. The summed E-state index contributed by atoms with van der Waals surface area (Å²) in [4.78, 5) is 38.4. The topological polar surface area (TPSA) is 90.9 Å². The number of aromatic nitrogens is 5. The number of carbonyl (C=O) groups is 1. The van der Waals surface area contributed by atoms with Gasteiger partial charge >= 0.3 is 0 Å². The molecule has 2 aliphatic rings. The standard InChI is InChI=1S/C28H31N7O/c1-18-19(2)30-17-31-27(18)22-5-6-24-25(14-22)33-26(32-24)15-23-13-20(7-8-29-23)16-34-9-11-35(12-10-34)28(36)21-3-4-21/h5-8,13-14,17,21H,3-4,9-12,15-16H2,1-2H3,(H,32,33). The van der Waals surface area contributed by atoms with E-state index in [-0.39, 0.29) is 0 Å². The normalized spacial score (nSPS) is 16.6. The highest BCUT2D eigenvalue weighted by atomic mass is 16.2. The second-order valence-corrected chi connectivity index (χ2v) is 10.1. The smallest absolute Gasteiger partial charge is 0.225 e. The minimum absolute atomic E-state index is 0.310. The summed E-state index contributed by atoms with van der Waals surface area (Å²) in [5, 5.41) is 0. The Morgan fingerprint density at radius 1 is 1.03 bits per heavy atom. The minimum atomic E-state index is 0.310. The van der Waals surface area contributed by atoms with E-state index < -0.39 is 0 Å².